The molecule has 0 aliphatic carbocycles. The SMILES string of the molecule is C=CCc1c(-n2c(=O)cc(C(F)(F)F)n(C)c2=O)ccc(Cl)c1O. The molecule has 1 aromatic heterocycles. The molecule has 0 saturated heterocycles. The van der Waals surface area contributed by atoms with Crippen molar-refractivity contribution in [3.05, 3.63) is 68.0 Å². The first-order valence-electron chi connectivity index (χ1n) is 6.61. The van der Waals surface area contributed by atoms with Crippen molar-refractivity contribution in [1.29, 1.82) is 0 Å². The summed E-state index contributed by atoms with van der Waals surface area (Å²) in [6, 6.07) is 2.84. The average Bonchev–Trinajstić information content (AvgIpc) is 2.48. The number of aromatic hydroxyl groups is 1. The molecule has 0 aliphatic rings. The third-order valence-electron chi connectivity index (χ3n) is 3.41. The van der Waals surface area contributed by atoms with Crippen LogP contribution in [0.2, 0.25) is 5.02 Å². The molecule has 1 heterocycles. The summed E-state index contributed by atoms with van der Waals surface area (Å²) in [7, 11) is 0.907. The second-order valence-corrected chi connectivity index (χ2v) is 5.34. The van der Waals surface area contributed by atoms with E-state index >= 15 is 0 Å². The fourth-order valence-electron chi connectivity index (χ4n) is 2.27. The summed E-state index contributed by atoms with van der Waals surface area (Å²) in [5, 5.41) is 10.0. The largest absolute Gasteiger partial charge is 0.506 e. The Bertz CT molecular complexity index is 929. The second kappa shape index (κ2) is 6.20. The monoisotopic (exact) mass is 360 g/mol. The van der Waals surface area contributed by atoms with Crippen LogP contribution in [0.3, 0.4) is 0 Å². The number of rotatable bonds is 3. The van der Waals surface area contributed by atoms with Gasteiger partial charge in [0, 0.05) is 18.7 Å². The van der Waals surface area contributed by atoms with Crippen molar-refractivity contribution in [2.75, 3.05) is 0 Å². The van der Waals surface area contributed by atoms with Crippen LogP contribution in [0.25, 0.3) is 5.69 Å². The smallest absolute Gasteiger partial charge is 0.431 e. The number of halogens is 4. The van der Waals surface area contributed by atoms with E-state index in [0.717, 1.165) is 7.05 Å². The molecule has 0 fully saturated rings. The van der Waals surface area contributed by atoms with Crippen LogP contribution < -0.4 is 11.2 Å². The number of allylic oxidation sites excluding steroid dienone is 1. The number of benzene rings is 1. The van der Waals surface area contributed by atoms with Gasteiger partial charge in [-0.1, -0.05) is 17.7 Å². The minimum absolute atomic E-state index is 0.0209. The van der Waals surface area contributed by atoms with Crippen LogP contribution in [0.1, 0.15) is 11.3 Å². The highest BCUT2D eigenvalue weighted by Crippen LogP contribution is 2.32. The average molecular weight is 361 g/mol. The van der Waals surface area contributed by atoms with E-state index in [1.807, 2.05) is 0 Å². The minimum atomic E-state index is -4.85. The molecule has 0 bridgehead atoms. The highest BCUT2D eigenvalue weighted by Gasteiger charge is 2.35. The zero-order valence-electron chi connectivity index (χ0n) is 12.4. The van der Waals surface area contributed by atoms with Gasteiger partial charge in [0.1, 0.15) is 11.4 Å². The number of phenols is 1. The van der Waals surface area contributed by atoms with Crippen molar-refractivity contribution in [1.82, 2.24) is 9.13 Å². The topological polar surface area (TPSA) is 64.2 Å². The molecule has 9 heteroatoms. The summed E-state index contributed by atoms with van der Waals surface area (Å²) in [5.74, 6) is -0.372. The molecule has 24 heavy (non-hydrogen) atoms. The lowest BCUT2D eigenvalue weighted by Gasteiger charge is -2.16. The van der Waals surface area contributed by atoms with Gasteiger partial charge in [0.05, 0.1) is 10.7 Å². The number of hydrogen-bond acceptors (Lipinski definition) is 3. The summed E-state index contributed by atoms with van der Waals surface area (Å²) >= 11 is 5.80. The van der Waals surface area contributed by atoms with E-state index in [9.17, 15) is 27.9 Å². The maximum atomic E-state index is 12.9. The predicted octanol–water partition coefficient (Wildman–Crippen LogP) is 2.64. The zero-order valence-corrected chi connectivity index (χ0v) is 13.1. The summed E-state index contributed by atoms with van der Waals surface area (Å²) in [6.45, 7) is 3.50. The van der Waals surface area contributed by atoms with E-state index in [0.29, 0.717) is 15.2 Å². The van der Waals surface area contributed by atoms with E-state index in [-0.39, 0.29) is 28.4 Å². The molecule has 0 radical (unpaired) electrons. The van der Waals surface area contributed by atoms with Crippen molar-refractivity contribution in [3.63, 3.8) is 0 Å². The van der Waals surface area contributed by atoms with Gasteiger partial charge in [0.2, 0.25) is 0 Å². The minimum Gasteiger partial charge on any atom is -0.506 e. The van der Waals surface area contributed by atoms with Crippen molar-refractivity contribution >= 4 is 11.6 Å². The van der Waals surface area contributed by atoms with Gasteiger partial charge < -0.3 is 5.11 Å². The number of alkyl halides is 3. The van der Waals surface area contributed by atoms with Crippen LogP contribution >= 0.6 is 11.6 Å². The Balaban J connectivity index is 2.88. The van der Waals surface area contributed by atoms with Crippen LogP contribution in [-0.2, 0) is 19.6 Å². The van der Waals surface area contributed by atoms with Gasteiger partial charge in [0.25, 0.3) is 5.56 Å². The van der Waals surface area contributed by atoms with Crippen LogP contribution in [0, 0.1) is 0 Å². The van der Waals surface area contributed by atoms with Gasteiger partial charge >= 0.3 is 11.9 Å². The lowest BCUT2D eigenvalue weighted by Crippen LogP contribution is -2.41. The molecule has 5 nitrogen and oxygen atoms in total. The lowest BCUT2D eigenvalue weighted by atomic mass is 10.1. The molecule has 0 spiro atoms. The van der Waals surface area contributed by atoms with E-state index in [1.54, 1.807) is 0 Å². The molecule has 1 aromatic carbocycles. The van der Waals surface area contributed by atoms with Gasteiger partial charge in [0.15, 0.2) is 0 Å². The Labute approximate surface area is 138 Å². The number of aromatic nitrogens is 2. The summed E-state index contributed by atoms with van der Waals surface area (Å²) in [5.41, 5.74) is -3.68. The fraction of sp³-hybridized carbons (Fsp3) is 0.200. The standard InChI is InChI=1S/C15H12ClF3N2O3/c1-3-4-8-10(6-5-9(16)13(8)23)21-12(22)7-11(15(17,18)19)20(2)14(21)24/h3,5-7,23H,1,4H2,2H3. The Hall–Kier alpha value is -2.48. The quantitative estimate of drug-likeness (QED) is 0.856. The second-order valence-electron chi connectivity index (χ2n) is 4.93. The first-order chi connectivity index (χ1) is 11.1. The first kappa shape index (κ1) is 17.9. The Morgan fingerprint density at radius 2 is 1.96 bits per heavy atom. The van der Waals surface area contributed by atoms with Gasteiger partial charge in [-0.05, 0) is 18.6 Å². The van der Waals surface area contributed by atoms with Crippen molar-refractivity contribution in [3.8, 4) is 11.4 Å². The zero-order chi connectivity index (χ0) is 18.2. The summed E-state index contributed by atoms with van der Waals surface area (Å²) in [4.78, 5) is 24.4. The lowest BCUT2D eigenvalue weighted by molar-refractivity contribution is -0.144. The molecular weight excluding hydrogens is 349 g/mol. The maximum Gasteiger partial charge on any atom is 0.431 e. The highest BCUT2D eigenvalue weighted by atomic mass is 35.5. The molecule has 2 rings (SSSR count). The van der Waals surface area contributed by atoms with E-state index in [4.69, 9.17) is 11.6 Å². The Morgan fingerprint density at radius 1 is 1.33 bits per heavy atom. The van der Waals surface area contributed by atoms with Crippen LogP contribution in [0.5, 0.6) is 5.75 Å². The normalized spacial score (nSPS) is 11.5. The molecule has 1 N–H and O–H groups in total. The van der Waals surface area contributed by atoms with Crippen LogP contribution in [0.4, 0.5) is 13.2 Å². The van der Waals surface area contributed by atoms with Crippen LogP contribution in [-0.4, -0.2) is 14.2 Å². The Morgan fingerprint density at radius 3 is 2.50 bits per heavy atom. The molecule has 0 aliphatic heterocycles. The highest BCUT2D eigenvalue weighted by molar-refractivity contribution is 6.32. The van der Waals surface area contributed by atoms with E-state index in [1.165, 1.54) is 18.2 Å². The molecule has 2 aromatic rings. The number of nitrogens with zero attached hydrogens (tertiary/aromatic N) is 2. The van der Waals surface area contributed by atoms with Gasteiger partial charge in [-0.2, -0.15) is 13.2 Å². The molecule has 128 valence electrons. The summed E-state index contributed by atoms with van der Waals surface area (Å²) < 4.78 is 39.5. The predicted molar refractivity (Wildman–Crippen MR) is 82.9 cm³/mol. The third kappa shape index (κ3) is 2.96. The molecule has 0 saturated carbocycles. The van der Waals surface area contributed by atoms with Gasteiger partial charge in [-0.3, -0.25) is 9.36 Å². The van der Waals surface area contributed by atoms with E-state index in [2.05, 4.69) is 6.58 Å². The van der Waals surface area contributed by atoms with Gasteiger partial charge in [-0.15, -0.1) is 6.58 Å². The van der Waals surface area contributed by atoms with Crippen molar-refractivity contribution in [2.24, 2.45) is 7.05 Å². The molecule has 0 unspecified atom stereocenters. The van der Waals surface area contributed by atoms with Gasteiger partial charge in [-0.25, -0.2) is 9.36 Å². The molecule has 0 amide bonds. The molecular formula is C15H12ClF3N2O3. The van der Waals surface area contributed by atoms with Crippen molar-refractivity contribution < 1.29 is 18.3 Å². The fourth-order valence-corrected chi connectivity index (χ4v) is 2.45. The molecule has 0 atom stereocenters. The maximum absolute atomic E-state index is 12.9. The van der Waals surface area contributed by atoms with E-state index < -0.39 is 23.1 Å². The number of phenolic OH excluding ortho intramolecular Hbond substituents is 1. The number of hydrogen-bond donors (Lipinski definition) is 1. The van der Waals surface area contributed by atoms with Crippen LogP contribution in [0.15, 0.2) is 40.4 Å². The Kier molecular flexibility index (Phi) is 4.61. The van der Waals surface area contributed by atoms with Crippen molar-refractivity contribution in [2.45, 2.75) is 12.6 Å². The first-order valence-corrected chi connectivity index (χ1v) is 6.99. The third-order valence-corrected chi connectivity index (χ3v) is 3.71. The summed E-state index contributed by atoms with van der Waals surface area (Å²) in [6.07, 6.45) is -3.40.